The number of hydrogen-bond acceptors (Lipinski definition) is 4. The van der Waals surface area contributed by atoms with E-state index in [4.69, 9.17) is 21.7 Å². The van der Waals surface area contributed by atoms with Crippen molar-refractivity contribution in [3.63, 3.8) is 0 Å². The molecule has 5 nitrogen and oxygen atoms in total. The molecule has 7 heteroatoms. The molecular weight excluding hydrogens is 416 g/mol. The van der Waals surface area contributed by atoms with Crippen LogP contribution < -0.4 is 0 Å². The van der Waals surface area contributed by atoms with Gasteiger partial charge in [0, 0.05) is 35.3 Å². The van der Waals surface area contributed by atoms with E-state index in [1.54, 1.807) is 0 Å². The molecule has 1 aliphatic heterocycles. The summed E-state index contributed by atoms with van der Waals surface area (Å²) in [5.74, 6) is 0.0984. The van der Waals surface area contributed by atoms with Crippen LogP contribution in [0.3, 0.4) is 0 Å². The Morgan fingerprint density at radius 3 is 2.70 bits per heavy atom. The smallest absolute Gasteiger partial charge is 0.266 e. The molecule has 1 aromatic carbocycles. The first kappa shape index (κ1) is 21.1. The van der Waals surface area contributed by atoms with E-state index in [9.17, 15) is 4.79 Å². The summed E-state index contributed by atoms with van der Waals surface area (Å²) in [7, 11) is 0. The highest BCUT2D eigenvalue weighted by Crippen LogP contribution is 2.29. The Kier molecular flexibility index (Phi) is 5.98. The van der Waals surface area contributed by atoms with Crippen LogP contribution in [0.25, 0.3) is 5.13 Å². The lowest BCUT2D eigenvalue weighted by molar-refractivity contribution is 0.0639. The second-order valence-electron chi connectivity index (χ2n) is 8.08. The molecule has 1 saturated heterocycles. The largest absolute Gasteiger partial charge is 0.335 e. The van der Waals surface area contributed by atoms with Gasteiger partial charge in [-0.15, -0.1) is 0 Å². The van der Waals surface area contributed by atoms with Crippen molar-refractivity contribution in [3.05, 3.63) is 62.4 Å². The SMILES string of the molecule is Cc1nc(-n2nc(C)c(Cc3ccccc3Cl)c2C)sc1C(=O)N1CCCC[C@@H]1C. The number of aryl methyl sites for hydroxylation is 2. The lowest BCUT2D eigenvalue weighted by Gasteiger charge is -2.33. The number of rotatable bonds is 4. The molecule has 0 unspecified atom stereocenters. The van der Waals surface area contributed by atoms with E-state index in [0.29, 0.717) is 0 Å². The second-order valence-corrected chi connectivity index (χ2v) is 9.47. The second kappa shape index (κ2) is 8.52. The maximum Gasteiger partial charge on any atom is 0.266 e. The Hall–Kier alpha value is -2.18. The van der Waals surface area contributed by atoms with Gasteiger partial charge in [0.05, 0.1) is 11.4 Å². The number of carbonyl (C=O) groups excluding carboxylic acids is 1. The summed E-state index contributed by atoms with van der Waals surface area (Å²) in [5, 5.41) is 6.25. The Morgan fingerprint density at radius 1 is 1.20 bits per heavy atom. The van der Waals surface area contributed by atoms with E-state index in [1.807, 2.05) is 47.7 Å². The summed E-state index contributed by atoms with van der Waals surface area (Å²) >= 11 is 7.80. The topological polar surface area (TPSA) is 51.0 Å². The van der Waals surface area contributed by atoms with Crippen LogP contribution in [-0.4, -0.2) is 38.2 Å². The maximum atomic E-state index is 13.2. The molecular formula is C23H27ClN4OS. The van der Waals surface area contributed by atoms with Crippen molar-refractivity contribution in [1.29, 1.82) is 0 Å². The van der Waals surface area contributed by atoms with Gasteiger partial charge in [0.2, 0.25) is 5.13 Å². The van der Waals surface area contributed by atoms with E-state index in [1.165, 1.54) is 17.8 Å². The first-order chi connectivity index (χ1) is 14.4. The molecule has 0 N–H and O–H groups in total. The summed E-state index contributed by atoms with van der Waals surface area (Å²) in [6.45, 7) is 8.94. The fourth-order valence-corrected chi connectivity index (χ4v) is 5.38. The number of carbonyl (C=O) groups is 1. The minimum atomic E-state index is 0.0984. The van der Waals surface area contributed by atoms with Crippen molar-refractivity contribution >= 4 is 28.8 Å². The lowest BCUT2D eigenvalue weighted by Crippen LogP contribution is -2.41. The molecule has 3 aromatic rings. The summed E-state index contributed by atoms with van der Waals surface area (Å²) in [6, 6.07) is 8.18. The van der Waals surface area contributed by atoms with E-state index in [2.05, 4.69) is 13.8 Å². The van der Waals surface area contributed by atoms with Crippen LogP contribution in [0.15, 0.2) is 24.3 Å². The molecule has 3 heterocycles. The van der Waals surface area contributed by atoms with Gasteiger partial charge in [-0.2, -0.15) is 5.10 Å². The van der Waals surface area contributed by atoms with Crippen molar-refractivity contribution in [2.45, 2.75) is 59.4 Å². The molecule has 1 amide bonds. The van der Waals surface area contributed by atoms with Crippen LogP contribution in [0.4, 0.5) is 0 Å². The van der Waals surface area contributed by atoms with Crippen molar-refractivity contribution in [1.82, 2.24) is 19.7 Å². The number of likely N-dealkylation sites (tertiary alicyclic amines) is 1. The number of hydrogen-bond donors (Lipinski definition) is 0. The molecule has 4 rings (SSSR count). The van der Waals surface area contributed by atoms with Gasteiger partial charge in [-0.05, 0) is 58.6 Å². The summed E-state index contributed by atoms with van der Waals surface area (Å²) in [5.41, 5.74) is 4.99. The summed E-state index contributed by atoms with van der Waals surface area (Å²) in [4.78, 5) is 20.6. The van der Waals surface area contributed by atoms with E-state index >= 15 is 0 Å². The maximum absolute atomic E-state index is 13.2. The fourth-order valence-electron chi connectivity index (χ4n) is 4.15. The van der Waals surface area contributed by atoms with Crippen molar-refractivity contribution in [2.24, 2.45) is 0 Å². The predicted molar refractivity (Wildman–Crippen MR) is 122 cm³/mol. The number of piperidine rings is 1. The fraction of sp³-hybridized carbons (Fsp3) is 0.435. The lowest BCUT2D eigenvalue weighted by atomic mass is 10.0. The quantitative estimate of drug-likeness (QED) is 0.535. The zero-order valence-corrected chi connectivity index (χ0v) is 19.5. The number of halogens is 1. The zero-order valence-electron chi connectivity index (χ0n) is 17.9. The normalized spacial score (nSPS) is 16.8. The third-order valence-electron chi connectivity index (χ3n) is 5.99. The Labute approximate surface area is 186 Å². The zero-order chi connectivity index (χ0) is 21.4. The highest BCUT2D eigenvalue weighted by Gasteiger charge is 2.28. The molecule has 0 aliphatic carbocycles. The van der Waals surface area contributed by atoms with Crippen LogP contribution in [0, 0.1) is 20.8 Å². The molecule has 0 saturated carbocycles. The molecule has 1 aliphatic rings. The van der Waals surface area contributed by atoms with Gasteiger partial charge < -0.3 is 4.90 Å². The van der Waals surface area contributed by atoms with Gasteiger partial charge in [0.1, 0.15) is 4.88 Å². The van der Waals surface area contributed by atoms with Gasteiger partial charge in [0.15, 0.2) is 0 Å². The van der Waals surface area contributed by atoms with Crippen LogP contribution in [-0.2, 0) is 6.42 Å². The Balaban J connectivity index is 1.65. The van der Waals surface area contributed by atoms with Crippen LogP contribution >= 0.6 is 22.9 Å². The van der Waals surface area contributed by atoms with E-state index < -0.39 is 0 Å². The van der Waals surface area contributed by atoms with Gasteiger partial charge >= 0.3 is 0 Å². The molecule has 1 atom stereocenters. The predicted octanol–water partition coefficient (Wildman–Crippen LogP) is 5.51. The number of aromatic nitrogens is 3. The number of nitrogens with zero attached hydrogens (tertiary/aromatic N) is 4. The highest BCUT2D eigenvalue weighted by molar-refractivity contribution is 7.16. The molecule has 0 spiro atoms. The van der Waals surface area contributed by atoms with Gasteiger partial charge in [-0.3, -0.25) is 4.79 Å². The van der Waals surface area contributed by atoms with Gasteiger partial charge in [-0.25, -0.2) is 9.67 Å². The third kappa shape index (κ3) is 3.91. The summed E-state index contributed by atoms with van der Waals surface area (Å²) < 4.78 is 1.87. The minimum Gasteiger partial charge on any atom is -0.335 e. The standard InChI is InChI=1S/C23H27ClN4OS/c1-14-9-7-8-12-27(14)22(29)21-16(3)25-23(30-21)28-17(4)19(15(2)26-28)13-18-10-5-6-11-20(18)24/h5-6,10-11,14H,7-9,12-13H2,1-4H3/t14-/m0/s1. The number of amides is 1. The third-order valence-corrected chi connectivity index (χ3v) is 7.48. The number of thiazole rings is 1. The monoisotopic (exact) mass is 442 g/mol. The van der Waals surface area contributed by atoms with Crippen molar-refractivity contribution in [3.8, 4) is 5.13 Å². The Morgan fingerprint density at radius 2 is 1.97 bits per heavy atom. The Bertz CT molecular complexity index is 1090. The van der Waals surface area contributed by atoms with Crippen LogP contribution in [0.2, 0.25) is 5.02 Å². The average molecular weight is 443 g/mol. The summed E-state index contributed by atoms with van der Waals surface area (Å²) in [6.07, 6.45) is 4.06. The van der Waals surface area contributed by atoms with Crippen molar-refractivity contribution in [2.75, 3.05) is 6.54 Å². The van der Waals surface area contributed by atoms with E-state index in [0.717, 1.165) is 69.0 Å². The number of benzene rings is 1. The van der Waals surface area contributed by atoms with Gasteiger partial charge in [0.25, 0.3) is 5.91 Å². The van der Waals surface area contributed by atoms with Crippen LogP contribution in [0.5, 0.6) is 0 Å². The minimum absolute atomic E-state index is 0.0984. The average Bonchev–Trinajstić information content (AvgIpc) is 3.24. The highest BCUT2D eigenvalue weighted by atomic mass is 35.5. The van der Waals surface area contributed by atoms with Crippen LogP contribution in [0.1, 0.15) is 64.1 Å². The molecule has 0 bridgehead atoms. The molecule has 2 aromatic heterocycles. The first-order valence-electron chi connectivity index (χ1n) is 10.4. The molecule has 1 fully saturated rings. The molecule has 158 valence electrons. The first-order valence-corrected chi connectivity index (χ1v) is 11.6. The molecule has 30 heavy (non-hydrogen) atoms. The molecule has 0 radical (unpaired) electrons. The van der Waals surface area contributed by atoms with E-state index in [-0.39, 0.29) is 11.9 Å². The van der Waals surface area contributed by atoms with Crippen molar-refractivity contribution < 1.29 is 4.79 Å². The van der Waals surface area contributed by atoms with Gasteiger partial charge in [-0.1, -0.05) is 41.1 Å².